The number of anilines is 1. The monoisotopic (exact) mass is 383 g/mol. The summed E-state index contributed by atoms with van der Waals surface area (Å²) >= 11 is 0. The Morgan fingerprint density at radius 2 is 1.93 bits per heavy atom. The summed E-state index contributed by atoms with van der Waals surface area (Å²) in [5.41, 5.74) is 1.61. The second-order valence-electron chi connectivity index (χ2n) is 7.32. The van der Waals surface area contributed by atoms with E-state index in [2.05, 4.69) is 37.2 Å². The summed E-state index contributed by atoms with van der Waals surface area (Å²) in [6, 6.07) is 7.83. The first kappa shape index (κ1) is 18.5. The summed E-state index contributed by atoms with van der Waals surface area (Å²) < 4.78 is 10.8. The van der Waals surface area contributed by atoms with Gasteiger partial charge in [-0.3, -0.25) is 9.69 Å². The molecule has 1 aromatic heterocycles. The number of piperazine rings is 1. The van der Waals surface area contributed by atoms with Crippen LogP contribution in [0.5, 0.6) is 11.5 Å². The third-order valence-electron chi connectivity index (χ3n) is 4.79. The Morgan fingerprint density at radius 1 is 1.14 bits per heavy atom. The summed E-state index contributed by atoms with van der Waals surface area (Å²) in [7, 11) is 0. The Labute approximate surface area is 164 Å². The quantitative estimate of drug-likeness (QED) is 0.841. The summed E-state index contributed by atoms with van der Waals surface area (Å²) in [5.74, 6) is 2.08. The zero-order chi connectivity index (χ0) is 19.5. The molecule has 8 nitrogen and oxygen atoms in total. The van der Waals surface area contributed by atoms with Crippen LogP contribution in [0.2, 0.25) is 0 Å². The lowest BCUT2D eigenvalue weighted by molar-refractivity contribution is 0.0938. The van der Waals surface area contributed by atoms with E-state index in [-0.39, 0.29) is 11.9 Å². The number of hydrogen-bond donors (Lipinski definition) is 1. The molecule has 0 unspecified atom stereocenters. The normalized spacial score (nSPS) is 16.5. The number of ether oxygens (including phenoxy) is 2. The molecule has 1 aromatic carbocycles. The number of aromatic nitrogens is 2. The predicted octanol–water partition coefficient (Wildman–Crippen LogP) is 1.67. The molecule has 8 heteroatoms. The molecule has 1 saturated heterocycles. The van der Waals surface area contributed by atoms with E-state index >= 15 is 0 Å². The molecule has 0 spiro atoms. The van der Waals surface area contributed by atoms with Crippen LogP contribution in [0, 0.1) is 0 Å². The van der Waals surface area contributed by atoms with Crippen LogP contribution >= 0.6 is 0 Å². The second-order valence-corrected chi connectivity index (χ2v) is 7.32. The maximum absolute atomic E-state index is 12.2. The molecule has 28 heavy (non-hydrogen) atoms. The fraction of sp³-hybridized carbons (Fsp3) is 0.450. The maximum atomic E-state index is 12.2. The Hall–Kier alpha value is -2.87. The Bertz CT molecular complexity index is 849. The van der Waals surface area contributed by atoms with E-state index in [0.29, 0.717) is 18.4 Å². The number of hydrogen-bond acceptors (Lipinski definition) is 7. The number of nitrogens with one attached hydrogen (secondary N) is 1. The Balaban J connectivity index is 1.34. The molecule has 1 amide bonds. The molecule has 2 aliphatic rings. The summed E-state index contributed by atoms with van der Waals surface area (Å²) in [6.45, 7) is 8.46. The molecular weight excluding hydrogens is 358 g/mol. The number of carbonyl (C=O) groups excluding carboxylic acids is 1. The lowest BCUT2D eigenvalue weighted by atomic mass is 10.1. The van der Waals surface area contributed by atoms with E-state index in [9.17, 15) is 4.79 Å². The summed E-state index contributed by atoms with van der Waals surface area (Å²) in [5, 5.41) is 2.87. The highest BCUT2D eigenvalue weighted by molar-refractivity contribution is 5.92. The molecular formula is C20H25N5O3. The van der Waals surface area contributed by atoms with Crippen LogP contribution in [0.3, 0.4) is 0 Å². The lowest BCUT2D eigenvalue weighted by Gasteiger charge is -2.34. The first-order valence-electron chi connectivity index (χ1n) is 9.58. The molecule has 0 bridgehead atoms. The van der Waals surface area contributed by atoms with Gasteiger partial charge in [0, 0.05) is 45.0 Å². The van der Waals surface area contributed by atoms with Gasteiger partial charge in [0.05, 0.1) is 0 Å². The van der Waals surface area contributed by atoms with Gasteiger partial charge in [-0.1, -0.05) is 6.07 Å². The number of nitrogens with zero attached hydrogens (tertiary/aromatic N) is 4. The van der Waals surface area contributed by atoms with Crippen molar-refractivity contribution in [3.8, 4) is 11.5 Å². The molecule has 1 fully saturated rings. The molecule has 0 radical (unpaired) electrons. The fourth-order valence-corrected chi connectivity index (χ4v) is 3.37. The van der Waals surface area contributed by atoms with Crippen molar-refractivity contribution in [2.75, 3.05) is 37.9 Å². The minimum atomic E-state index is -0.167. The van der Waals surface area contributed by atoms with E-state index in [4.69, 9.17) is 9.47 Å². The van der Waals surface area contributed by atoms with Gasteiger partial charge >= 0.3 is 0 Å². The molecule has 2 aromatic rings. The topological polar surface area (TPSA) is 79.8 Å². The highest BCUT2D eigenvalue weighted by Crippen LogP contribution is 2.32. The van der Waals surface area contributed by atoms with Crippen LogP contribution < -0.4 is 19.7 Å². The van der Waals surface area contributed by atoms with Crippen molar-refractivity contribution in [2.45, 2.75) is 26.4 Å². The van der Waals surface area contributed by atoms with E-state index < -0.39 is 0 Å². The molecule has 3 heterocycles. The smallest absolute Gasteiger partial charge is 0.270 e. The number of carbonyl (C=O) groups is 1. The van der Waals surface area contributed by atoms with E-state index in [0.717, 1.165) is 44.2 Å². The van der Waals surface area contributed by atoms with Gasteiger partial charge in [0.15, 0.2) is 11.5 Å². The largest absolute Gasteiger partial charge is 0.454 e. The number of fused-ring (bicyclic) bond motifs is 1. The third kappa shape index (κ3) is 4.17. The molecule has 0 saturated carbocycles. The van der Waals surface area contributed by atoms with Crippen molar-refractivity contribution in [3.63, 3.8) is 0 Å². The van der Waals surface area contributed by atoms with Crippen LogP contribution in [0.25, 0.3) is 0 Å². The van der Waals surface area contributed by atoms with Crippen molar-refractivity contribution < 1.29 is 14.3 Å². The number of rotatable bonds is 5. The number of amides is 1. The zero-order valence-electron chi connectivity index (χ0n) is 16.2. The van der Waals surface area contributed by atoms with Crippen LogP contribution in [0.1, 0.15) is 29.9 Å². The van der Waals surface area contributed by atoms with Gasteiger partial charge in [-0.2, -0.15) is 0 Å². The van der Waals surface area contributed by atoms with Gasteiger partial charge in [-0.05, 0) is 37.6 Å². The SMILES string of the molecule is CC(C)NC(=O)c1ccnc(N2CCN(Cc3ccc4c(c3)OCO4)CC2)n1. The summed E-state index contributed by atoms with van der Waals surface area (Å²) in [6.07, 6.45) is 1.65. The minimum Gasteiger partial charge on any atom is -0.454 e. The van der Waals surface area contributed by atoms with Crippen LogP contribution in [0.15, 0.2) is 30.5 Å². The van der Waals surface area contributed by atoms with E-state index in [1.54, 1.807) is 12.3 Å². The zero-order valence-corrected chi connectivity index (χ0v) is 16.2. The first-order chi connectivity index (χ1) is 13.6. The summed E-state index contributed by atoms with van der Waals surface area (Å²) in [4.78, 5) is 25.5. The van der Waals surface area contributed by atoms with Gasteiger partial charge in [-0.15, -0.1) is 0 Å². The molecule has 2 aliphatic heterocycles. The molecule has 1 N–H and O–H groups in total. The van der Waals surface area contributed by atoms with Gasteiger partial charge in [0.2, 0.25) is 12.7 Å². The third-order valence-corrected chi connectivity index (χ3v) is 4.79. The van der Waals surface area contributed by atoms with Crippen LogP contribution in [0.4, 0.5) is 5.95 Å². The lowest BCUT2D eigenvalue weighted by Crippen LogP contribution is -2.46. The Morgan fingerprint density at radius 3 is 2.71 bits per heavy atom. The first-order valence-corrected chi connectivity index (χ1v) is 9.58. The molecule has 0 atom stereocenters. The number of benzene rings is 1. The molecule has 0 aliphatic carbocycles. The van der Waals surface area contributed by atoms with Crippen LogP contribution in [-0.4, -0.2) is 59.8 Å². The van der Waals surface area contributed by atoms with Gasteiger partial charge in [0.1, 0.15) is 5.69 Å². The van der Waals surface area contributed by atoms with Gasteiger partial charge in [-0.25, -0.2) is 9.97 Å². The van der Waals surface area contributed by atoms with Gasteiger partial charge < -0.3 is 19.7 Å². The van der Waals surface area contributed by atoms with Crippen molar-refractivity contribution in [1.29, 1.82) is 0 Å². The van der Waals surface area contributed by atoms with Crippen molar-refractivity contribution in [1.82, 2.24) is 20.2 Å². The van der Waals surface area contributed by atoms with Crippen molar-refractivity contribution in [2.24, 2.45) is 0 Å². The van der Waals surface area contributed by atoms with Gasteiger partial charge in [0.25, 0.3) is 5.91 Å². The van der Waals surface area contributed by atoms with Crippen LogP contribution in [-0.2, 0) is 6.54 Å². The molecule has 4 rings (SSSR count). The predicted molar refractivity (Wildman–Crippen MR) is 105 cm³/mol. The average molecular weight is 383 g/mol. The van der Waals surface area contributed by atoms with Crippen molar-refractivity contribution >= 4 is 11.9 Å². The highest BCUT2D eigenvalue weighted by Gasteiger charge is 2.21. The average Bonchev–Trinajstić information content (AvgIpc) is 3.16. The highest BCUT2D eigenvalue weighted by atomic mass is 16.7. The van der Waals surface area contributed by atoms with Crippen molar-refractivity contribution in [3.05, 3.63) is 41.7 Å². The Kier molecular flexibility index (Phi) is 5.29. The molecule has 148 valence electrons. The van der Waals surface area contributed by atoms with E-state index in [1.807, 2.05) is 19.9 Å². The second kappa shape index (κ2) is 8.02. The minimum absolute atomic E-state index is 0.0747. The fourth-order valence-electron chi connectivity index (χ4n) is 3.37. The van der Waals surface area contributed by atoms with E-state index in [1.165, 1.54) is 5.56 Å². The standard InChI is InChI=1S/C20H25N5O3/c1-14(2)22-19(26)16-5-6-21-20(23-16)25-9-7-24(8-10-25)12-15-3-4-17-18(11-15)28-13-27-17/h3-6,11,14H,7-10,12-13H2,1-2H3,(H,22,26). The maximum Gasteiger partial charge on any atom is 0.270 e.